The van der Waals surface area contributed by atoms with Crippen LogP contribution < -0.4 is 10.6 Å². The van der Waals surface area contributed by atoms with Crippen molar-refractivity contribution in [1.29, 1.82) is 0 Å². The fraction of sp³-hybridized carbons (Fsp3) is 0.176. The van der Waals surface area contributed by atoms with E-state index in [1.165, 1.54) is 24.4 Å². The first kappa shape index (κ1) is 31.8. The van der Waals surface area contributed by atoms with Gasteiger partial charge in [0.2, 0.25) is 0 Å². The van der Waals surface area contributed by atoms with Crippen LogP contribution in [0.5, 0.6) is 0 Å². The van der Waals surface area contributed by atoms with Crippen LogP contribution in [0.3, 0.4) is 0 Å². The number of carbonyl (C=O) groups is 3. The third kappa shape index (κ3) is 7.01. The van der Waals surface area contributed by atoms with E-state index in [0.29, 0.717) is 40.8 Å². The molecule has 0 spiro atoms. The van der Waals surface area contributed by atoms with Crippen molar-refractivity contribution in [3.63, 3.8) is 0 Å². The highest BCUT2D eigenvalue weighted by Crippen LogP contribution is 2.31. The van der Waals surface area contributed by atoms with Crippen LogP contribution in [-0.4, -0.2) is 50.7 Å². The summed E-state index contributed by atoms with van der Waals surface area (Å²) in [7, 11) is 0. The highest BCUT2D eigenvalue weighted by atomic mass is 19.4. The Labute approximate surface area is 262 Å². The van der Waals surface area contributed by atoms with Gasteiger partial charge in [-0.3, -0.25) is 24.4 Å². The number of carbonyl (C=O) groups excluding carboxylic acids is 3. The van der Waals surface area contributed by atoms with Crippen molar-refractivity contribution >= 4 is 34.4 Å². The van der Waals surface area contributed by atoms with E-state index in [-0.39, 0.29) is 23.0 Å². The van der Waals surface area contributed by atoms with Crippen molar-refractivity contribution in [3.05, 3.63) is 120 Å². The number of fused-ring (bicyclic) bond motifs is 1. The van der Waals surface area contributed by atoms with Crippen LogP contribution in [0.15, 0.2) is 97.3 Å². The van der Waals surface area contributed by atoms with Crippen molar-refractivity contribution in [2.45, 2.75) is 26.1 Å². The van der Waals surface area contributed by atoms with Crippen molar-refractivity contribution in [3.8, 4) is 11.3 Å². The number of aromatic nitrogens is 3. The highest BCUT2D eigenvalue weighted by Gasteiger charge is 2.30. The molecule has 234 valence electrons. The minimum absolute atomic E-state index is 0.151. The highest BCUT2D eigenvalue weighted by molar-refractivity contribution is 6.08. The van der Waals surface area contributed by atoms with E-state index >= 15 is 0 Å². The van der Waals surface area contributed by atoms with Crippen LogP contribution >= 0.6 is 0 Å². The summed E-state index contributed by atoms with van der Waals surface area (Å²) >= 11 is 0. The Morgan fingerprint density at radius 1 is 0.826 bits per heavy atom. The number of anilines is 1. The summed E-state index contributed by atoms with van der Waals surface area (Å²) in [6.45, 7) is 4.68. The molecule has 0 bridgehead atoms. The fourth-order valence-corrected chi connectivity index (χ4v) is 4.90. The maximum absolute atomic E-state index is 13.3. The SMILES string of the molecule is CCN(CC)C(=O)[C@@H](NC(=O)c1ccc2nc(NC(=O)c3cccnc3-c3ccc(C(F)(F)F)cc3)ccc2c1)c1ccccn1. The van der Waals surface area contributed by atoms with Gasteiger partial charge in [0.25, 0.3) is 17.7 Å². The Morgan fingerprint density at radius 3 is 2.24 bits per heavy atom. The van der Waals surface area contributed by atoms with E-state index in [0.717, 1.165) is 12.1 Å². The van der Waals surface area contributed by atoms with E-state index in [1.807, 2.05) is 13.8 Å². The van der Waals surface area contributed by atoms with E-state index in [9.17, 15) is 27.6 Å². The minimum atomic E-state index is -4.48. The predicted octanol–water partition coefficient (Wildman–Crippen LogP) is 6.30. The van der Waals surface area contributed by atoms with Gasteiger partial charge in [0.1, 0.15) is 5.82 Å². The number of alkyl halides is 3. The third-order valence-electron chi connectivity index (χ3n) is 7.31. The molecule has 3 aromatic heterocycles. The molecule has 5 rings (SSSR count). The fourth-order valence-electron chi connectivity index (χ4n) is 4.90. The zero-order valence-corrected chi connectivity index (χ0v) is 24.9. The molecule has 3 amide bonds. The number of benzene rings is 2. The van der Waals surface area contributed by atoms with Crippen molar-refractivity contribution < 1.29 is 27.6 Å². The van der Waals surface area contributed by atoms with Gasteiger partial charge in [-0.2, -0.15) is 13.2 Å². The van der Waals surface area contributed by atoms with Crippen LogP contribution in [0.4, 0.5) is 19.0 Å². The summed E-state index contributed by atoms with van der Waals surface area (Å²) < 4.78 is 39.0. The Hall–Kier alpha value is -5.65. The van der Waals surface area contributed by atoms with E-state index < -0.39 is 29.6 Å². The number of hydrogen-bond acceptors (Lipinski definition) is 6. The van der Waals surface area contributed by atoms with E-state index in [2.05, 4.69) is 25.6 Å². The Kier molecular flexibility index (Phi) is 9.36. The predicted molar refractivity (Wildman–Crippen MR) is 167 cm³/mol. The molecule has 0 radical (unpaired) electrons. The second-order valence-electron chi connectivity index (χ2n) is 10.2. The lowest BCUT2D eigenvalue weighted by molar-refractivity contribution is -0.137. The van der Waals surface area contributed by atoms with Gasteiger partial charge in [0, 0.05) is 42.0 Å². The lowest BCUT2D eigenvalue weighted by Crippen LogP contribution is -2.43. The number of nitrogens with zero attached hydrogens (tertiary/aromatic N) is 4. The molecule has 2 N–H and O–H groups in total. The second kappa shape index (κ2) is 13.6. The number of nitrogens with one attached hydrogen (secondary N) is 2. The summed E-state index contributed by atoms with van der Waals surface area (Å²) in [5, 5.41) is 6.14. The van der Waals surface area contributed by atoms with Gasteiger partial charge < -0.3 is 15.5 Å². The van der Waals surface area contributed by atoms with E-state index in [1.54, 1.807) is 65.7 Å². The summed E-state index contributed by atoms with van der Waals surface area (Å²) in [4.78, 5) is 54.4. The number of amides is 3. The van der Waals surface area contributed by atoms with Crippen LogP contribution in [-0.2, 0) is 11.0 Å². The Morgan fingerprint density at radius 2 is 1.57 bits per heavy atom. The van der Waals surface area contributed by atoms with Gasteiger partial charge in [-0.1, -0.05) is 18.2 Å². The largest absolute Gasteiger partial charge is 0.416 e. The second-order valence-corrected chi connectivity index (χ2v) is 10.2. The van der Waals surface area contributed by atoms with E-state index in [4.69, 9.17) is 0 Å². The van der Waals surface area contributed by atoms with Crippen LogP contribution in [0.1, 0.15) is 51.9 Å². The molecule has 0 saturated heterocycles. The zero-order chi connectivity index (χ0) is 32.8. The maximum Gasteiger partial charge on any atom is 0.416 e. The van der Waals surface area contributed by atoms with Gasteiger partial charge in [-0.15, -0.1) is 0 Å². The van der Waals surface area contributed by atoms with Crippen molar-refractivity contribution in [2.24, 2.45) is 0 Å². The molecule has 0 aliphatic carbocycles. The molecule has 0 aliphatic heterocycles. The Balaban J connectivity index is 1.34. The van der Waals surface area contributed by atoms with Crippen LogP contribution in [0.25, 0.3) is 22.2 Å². The first-order valence-corrected chi connectivity index (χ1v) is 14.4. The van der Waals surface area contributed by atoms with Crippen molar-refractivity contribution in [1.82, 2.24) is 25.2 Å². The van der Waals surface area contributed by atoms with Gasteiger partial charge >= 0.3 is 6.18 Å². The molecule has 46 heavy (non-hydrogen) atoms. The number of rotatable bonds is 9. The average molecular weight is 627 g/mol. The lowest BCUT2D eigenvalue weighted by Gasteiger charge is -2.25. The molecule has 1 atom stereocenters. The minimum Gasteiger partial charge on any atom is -0.341 e. The monoisotopic (exact) mass is 626 g/mol. The molecule has 0 aliphatic rings. The molecule has 5 aromatic rings. The molecule has 0 saturated carbocycles. The topological polar surface area (TPSA) is 117 Å². The van der Waals surface area contributed by atoms with Crippen LogP contribution in [0.2, 0.25) is 0 Å². The number of pyridine rings is 3. The molecule has 0 unspecified atom stereocenters. The maximum atomic E-state index is 13.3. The summed E-state index contributed by atoms with van der Waals surface area (Å²) in [5.74, 6) is -1.07. The molecular weight excluding hydrogens is 597 g/mol. The molecule has 2 aromatic carbocycles. The summed E-state index contributed by atoms with van der Waals surface area (Å²) in [6, 6.07) is 19.7. The molecule has 3 heterocycles. The van der Waals surface area contributed by atoms with Crippen LogP contribution in [0, 0.1) is 0 Å². The van der Waals surface area contributed by atoms with Gasteiger partial charge in [0.15, 0.2) is 6.04 Å². The van der Waals surface area contributed by atoms with Crippen molar-refractivity contribution in [2.75, 3.05) is 18.4 Å². The summed E-state index contributed by atoms with van der Waals surface area (Å²) in [6.07, 6.45) is -1.47. The Bertz CT molecular complexity index is 1880. The first-order valence-electron chi connectivity index (χ1n) is 14.4. The van der Waals surface area contributed by atoms with Gasteiger partial charge in [-0.05, 0) is 80.6 Å². The van der Waals surface area contributed by atoms with Gasteiger partial charge in [-0.25, -0.2) is 4.98 Å². The number of halogens is 3. The molecule has 0 fully saturated rings. The standard InChI is InChI=1S/C34H29F3N6O3/c1-3-43(4-2)33(46)30(27-9-5-6-18-38-27)42-31(44)23-12-16-26-22(20-23)13-17-28(40-26)41-32(45)25-8-7-19-39-29(25)21-10-14-24(15-11-21)34(35,36)37/h5-20,30H,3-4H2,1-2H3,(H,42,44)(H,40,41,45)/t30-/m0/s1. The molecule has 9 nitrogen and oxygen atoms in total. The number of hydrogen-bond donors (Lipinski definition) is 2. The zero-order valence-electron chi connectivity index (χ0n) is 24.9. The summed E-state index contributed by atoms with van der Waals surface area (Å²) in [5.41, 5.74) is 1.12. The average Bonchev–Trinajstić information content (AvgIpc) is 3.07. The third-order valence-corrected chi connectivity index (χ3v) is 7.31. The normalized spacial score (nSPS) is 11.9. The quantitative estimate of drug-likeness (QED) is 0.198. The first-order chi connectivity index (χ1) is 22.1. The number of likely N-dealkylation sites (N-methyl/N-ethyl adjacent to an activating group) is 1. The van der Waals surface area contributed by atoms with Gasteiger partial charge in [0.05, 0.1) is 28.0 Å². The smallest absolute Gasteiger partial charge is 0.341 e. The molecular formula is C34H29F3N6O3. The molecule has 12 heteroatoms. The lowest BCUT2D eigenvalue weighted by atomic mass is 10.0.